The van der Waals surface area contributed by atoms with E-state index in [2.05, 4.69) is 10.1 Å². The number of nitrogens with one attached hydrogen (secondary N) is 1. The first kappa shape index (κ1) is 17.5. The van der Waals surface area contributed by atoms with Gasteiger partial charge in [0, 0.05) is 13.0 Å². The molecule has 1 N–H and O–H groups in total. The van der Waals surface area contributed by atoms with Gasteiger partial charge in [-0.3, -0.25) is 9.59 Å². The largest absolute Gasteiger partial charge is 0.497 e. The first-order valence-corrected chi connectivity index (χ1v) is 6.71. The van der Waals surface area contributed by atoms with Crippen molar-refractivity contribution >= 4 is 17.8 Å². The molecule has 7 heteroatoms. The summed E-state index contributed by atoms with van der Waals surface area (Å²) in [5.41, 5.74) is 0.333. The molecule has 0 heterocycles. The van der Waals surface area contributed by atoms with Crippen molar-refractivity contribution in [3.8, 4) is 5.75 Å². The summed E-state index contributed by atoms with van der Waals surface area (Å²) in [5, 5.41) is 2.54. The van der Waals surface area contributed by atoms with E-state index in [9.17, 15) is 14.4 Å². The topological polar surface area (TPSA) is 90.9 Å². The van der Waals surface area contributed by atoms with E-state index in [0.717, 1.165) is 0 Å². The first-order valence-electron chi connectivity index (χ1n) is 6.71. The molecule has 120 valence electrons. The number of amides is 1. The van der Waals surface area contributed by atoms with Crippen LogP contribution >= 0.6 is 0 Å². The molecule has 7 nitrogen and oxygen atoms in total. The summed E-state index contributed by atoms with van der Waals surface area (Å²) >= 11 is 0. The van der Waals surface area contributed by atoms with Gasteiger partial charge in [-0.15, -0.1) is 0 Å². The maximum atomic E-state index is 11.7. The molecule has 0 saturated heterocycles. The highest BCUT2D eigenvalue weighted by molar-refractivity contribution is 5.91. The van der Waals surface area contributed by atoms with Crippen LogP contribution in [0.15, 0.2) is 24.3 Å². The standard InChI is InChI=1S/C15H19NO6/c1-20-12-7-5-11(6-8-12)15(19)22-10-13(17)16-9-3-4-14(18)21-2/h5-8H,3-4,9-10H2,1-2H3,(H,16,17). The maximum Gasteiger partial charge on any atom is 0.338 e. The van der Waals surface area contributed by atoms with E-state index in [1.54, 1.807) is 24.3 Å². The predicted molar refractivity (Wildman–Crippen MR) is 77.5 cm³/mol. The molecule has 1 amide bonds. The highest BCUT2D eigenvalue weighted by atomic mass is 16.5. The second-order valence-electron chi connectivity index (χ2n) is 4.33. The molecular weight excluding hydrogens is 290 g/mol. The average Bonchev–Trinajstić information content (AvgIpc) is 2.56. The van der Waals surface area contributed by atoms with Gasteiger partial charge < -0.3 is 19.5 Å². The Hall–Kier alpha value is -2.57. The maximum absolute atomic E-state index is 11.7. The number of carbonyl (C=O) groups excluding carboxylic acids is 3. The SMILES string of the molecule is COC(=O)CCCNC(=O)COC(=O)c1ccc(OC)cc1. The van der Waals surface area contributed by atoms with Crippen LogP contribution in [-0.2, 0) is 19.1 Å². The Morgan fingerprint density at radius 1 is 1.09 bits per heavy atom. The van der Waals surface area contributed by atoms with Gasteiger partial charge in [0.1, 0.15) is 5.75 Å². The Labute approximate surface area is 128 Å². The van der Waals surface area contributed by atoms with Gasteiger partial charge in [0.25, 0.3) is 5.91 Å². The third-order valence-corrected chi connectivity index (χ3v) is 2.77. The molecule has 1 aromatic rings. The molecule has 0 aliphatic heterocycles. The minimum atomic E-state index is -0.590. The molecule has 0 spiro atoms. The van der Waals surface area contributed by atoms with Crippen LogP contribution in [0.2, 0.25) is 0 Å². The van der Waals surface area contributed by atoms with Crippen LogP contribution in [0, 0.1) is 0 Å². The molecule has 1 aromatic carbocycles. The number of hydrogen-bond donors (Lipinski definition) is 1. The van der Waals surface area contributed by atoms with E-state index in [-0.39, 0.29) is 19.0 Å². The summed E-state index contributed by atoms with van der Waals surface area (Å²) in [6.07, 6.45) is 0.688. The lowest BCUT2D eigenvalue weighted by molar-refractivity contribution is -0.140. The van der Waals surface area contributed by atoms with Gasteiger partial charge in [-0.1, -0.05) is 0 Å². The molecular formula is C15H19NO6. The van der Waals surface area contributed by atoms with Gasteiger partial charge in [0.15, 0.2) is 6.61 Å². The van der Waals surface area contributed by atoms with Crippen LogP contribution < -0.4 is 10.1 Å². The van der Waals surface area contributed by atoms with E-state index in [0.29, 0.717) is 24.3 Å². The summed E-state index contributed by atoms with van der Waals surface area (Å²) in [4.78, 5) is 34.0. The summed E-state index contributed by atoms with van der Waals surface area (Å²) in [7, 11) is 2.83. The third-order valence-electron chi connectivity index (χ3n) is 2.77. The Morgan fingerprint density at radius 3 is 2.36 bits per heavy atom. The Morgan fingerprint density at radius 2 is 1.77 bits per heavy atom. The number of ether oxygens (including phenoxy) is 3. The van der Waals surface area contributed by atoms with E-state index in [1.807, 2.05) is 0 Å². The predicted octanol–water partition coefficient (Wildman–Crippen LogP) is 0.921. The fourth-order valence-corrected chi connectivity index (χ4v) is 1.56. The summed E-state index contributed by atoms with van der Waals surface area (Å²) in [5.74, 6) is -0.723. The van der Waals surface area contributed by atoms with Crippen molar-refractivity contribution in [2.24, 2.45) is 0 Å². The highest BCUT2D eigenvalue weighted by Gasteiger charge is 2.10. The molecule has 0 aromatic heterocycles. The zero-order valence-electron chi connectivity index (χ0n) is 12.6. The number of benzene rings is 1. The molecule has 1 rings (SSSR count). The van der Waals surface area contributed by atoms with Crippen LogP contribution in [0.3, 0.4) is 0 Å². The van der Waals surface area contributed by atoms with Crippen molar-refractivity contribution in [1.29, 1.82) is 0 Å². The summed E-state index contributed by atoms with van der Waals surface area (Å²) in [6.45, 7) is -0.0584. The molecule has 0 aliphatic carbocycles. The second-order valence-corrected chi connectivity index (χ2v) is 4.33. The van der Waals surface area contributed by atoms with Crippen molar-refractivity contribution in [2.75, 3.05) is 27.4 Å². The minimum absolute atomic E-state index is 0.225. The molecule has 0 bridgehead atoms. The van der Waals surface area contributed by atoms with Crippen LogP contribution in [0.1, 0.15) is 23.2 Å². The second kappa shape index (κ2) is 9.38. The van der Waals surface area contributed by atoms with Crippen molar-refractivity contribution in [3.63, 3.8) is 0 Å². The summed E-state index contributed by atoms with van der Waals surface area (Å²) in [6, 6.07) is 6.36. The lowest BCUT2D eigenvalue weighted by Gasteiger charge is -2.07. The first-order chi connectivity index (χ1) is 10.6. The zero-order chi connectivity index (χ0) is 16.4. The van der Waals surface area contributed by atoms with E-state index in [4.69, 9.17) is 9.47 Å². The minimum Gasteiger partial charge on any atom is -0.497 e. The number of rotatable bonds is 8. The van der Waals surface area contributed by atoms with Crippen molar-refractivity contribution in [2.45, 2.75) is 12.8 Å². The van der Waals surface area contributed by atoms with Crippen LogP contribution in [0.25, 0.3) is 0 Å². The fourth-order valence-electron chi connectivity index (χ4n) is 1.56. The quantitative estimate of drug-likeness (QED) is 0.567. The Bertz CT molecular complexity index is 511. The van der Waals surface area contributed by atoms with Crippen molar-refractivity contribution in [3.05, 3.63) is 29.8 Å². The smallest absolute Gasteiger partial charge is 0.338 e. The molecule has 0 saturated carbocycles. The van der Waals surface area contributed by atoms with Gasteiger partial charge in [0.2, 0.25) is 0 Å². The van der Waals surface area contributed by atoms with E-state index >= 15 is 0 Å². The molecule has 0 fully saturated rings. The van der Waals surface area contributed by atoms with Crippen LogP contribution in [-0.4, -0.2) is 45.2 Å². The van der Waals surface area contributed by atoms with E-state index in [1.165, 1.54) is 14.2 Å². The highest BCUT2D eigenvalue weighted by Crippen LogP contribution is 2.11. The molecule has 22 heavy (non-hydrogen) atoms. The fraction of sp³-hybridized carbons (Fsp3) is 0.400. The monoisotopic (exact) mass is 309 g/mol. The van der Waals surface area contributed by atoms with Crippen molar-refractivity contribution < 1.29 is 28.6 Å². The molecule has 0 radical (unpaired) electrons. The lowest BCUT2D eigenvalue weighted by Crippen LogP contribution is -2.29. The third kappa shape index (κ3) is 6.25. The number of esters is 2. The van der Waals surface area contributed by atoms with Gasteiger partial charge in [-0.2, -0.15) is 0 Å². The lowest BCUT2D eigenvalue weighted by atomic mass is 10.2. The number of hydrogen-bond acceptors (Lipinski definition) is 6. The van der Waals surface area contributed by atoms with Gasteiger partial charge in [-0.25, -0.2) is 4.79 Å². The van der Waals surface area contributed by atoms with Crippen LogP contribution in [0.4, 0.5) is 0 Å². The molecule has 0 atom stereocenters. The Kier molecular flexibility index (Phi) is 7.45. The number of carbonyl (C=O) groups is 3. The van der Waals surface area contributed by atoms with Gasteiger partial charge in [0.05, 0.1) is 19.8 Å². The van der Waals surface area contributed by atoms with E-state index < -0.39 is 11.9 Å². The summed E-state index contributed by atoms with van der Waals surface area (Å²) < 4.78 is 14.3. The molecule has 0 unspecified atom stereocenters. The normalized spacial score (nSPS) is 9.73. The van der Waals surface area contributed by atoms with Gasteiger partial charge in [-0.05, 0) is 30.7 Å². The van der Waals surface area contributed by atoms with Crippen LogP contribution in [0.5, 0.6) is 5.75 Å². The zero-order valence-corrected chi connectivity index (χ0v) is 12.6. The Balaban J connectivity index is 2.25. The molecule has 0 aliphatic rings. The van der Waals surface area contributed by atoms with Crippen molar-refractivity contribution in [1.82, 2.24) is 5.32 Å². The van der Waals surface area contributed by atoms with Gasteiger partial charge >= 0.3 is 11.9 Å². The average molecular weight is 309 g/mol. The number of methoxy groups -OCH3 is 2.